The minimum Gasteiger partial charge on any atom is -0.468 e. The highest BCUT2D eigenvalue weighted by molar-refractivity contribution is 7.91. The largest absolute Gasteiger partial charge is 0.468 e. The lowest BCUT2D eigenvalue weighted by Crippen LogP contribution is -2.25. The maximum Gasteiger partial charge on any atom is 0.250 e. The van der Waals surface area contributed by atoms with E-state index < -0.39 is 16.1 Å². The summed E-state index contributed by atoms with van der Waals surface area (Å²) >= 11 is 0.937. The summed E-state index contributed by atoms with van der Waals surface area (Å²) in [6.07, 6.45) is 1.49. The summed E-state index contributed by atoms with van der Waals surface area (Å²) in [5.74, 6) is 0.538. The normalized spacial score (nSPS) is 13.1. The SMILES string of the molecule is CC(NS(=O)(=O)c1ccc(C#N)s1)c1ccco1. The van der Waals surface area contributed by atoms with E-state index in [0.717, 1.165) is 11.3 Å². The molecule has 94 valence electrons. The Bertz CT molecular complexity index is 665. The van der Waals surface area contributed by atoms with Crippen molar-refractivity contribution in [1.82, 2.24) is 4.72 Å². The number of thiophene rings is 1. The highest BCUT2D eigenvalue weighted by Crippen LogP contribution is 2.23. The monoisotopic (exact) mass is 282 g/mol. The van der Waals surface area contributed by atoms with E-state index in [-0.39, 0.29) is 4.21 Å². The molecule has 0 radical (unpaired) electrons. The molecule has 5 nitrogen and oxygen atoms in total. The van der Waals surface area contributed by atoms with Gasteiger partial charge in [0.25, 0.3) is 10.0 Å². The molecule has 1 atom stereocenters. The van der Waals surface area contributed by atoms with E-state index in [1.54, 1.807) is 19.1 Å². The lowest BCUT2D eigenvalue weighted by Gasteiger charge is -2.10. The highest BCUT2D eigenvalue weighted by atomic mass is 32.2. The quantitative estimate of drug-likeness (QED) is 0.932. The van der Waals surface area contributed by atoms with Crippen LogP contribution in [0.15, 0.2) is 39.2 Å². The molecule has 0 saturated carbocycles. The molecule has 1 N–H and O–H groups in total. The first kappa shape index (κ1) is 12.8. The molecule has 2 rings (SSSR count). The van der Waals surface area contributed by atoms with E-state index in [1.807, 2.05) is 6.07 Å². The van der Waals surface area contributed by atoms with E-state index in [0.29, 0.717) is 10.6 Å². The third kappa shape index (κ3) is 2.61. The minimum atomic E-state index is -3.62. The molecule has 0 fully saturated rings. The van der Waals surface area contributed by atoms with Crippen LogP contribution < -0.4 is 4.72 Å². The van der Waals surface area contributed by atoms with E-state index in [1.165, 1.54) is 18.4 Å². The molecule has 0 aromatic carbocycles. The molecule has 0 aliphatic rings. The van der Waals surface area contributed by atoms with Crippen molar-refractivity contribution in [1.29, 1.82) is 5.26 Å². The van der Waals surface area contributed by atoms with Crippen molar-refractivity contribution in [2.75, 3.05) is 0 Å². The molecule has 18 heavy (non-hydrogen) atoms. The number of nitrogens with zero attached hydrogens (tertiary/aromatic N) is 1. The Morgan fingerprint density at radius 2 is 2.22 bits per heavy atom. The maximum absolute atomic E-state index is 12.0. The van der Waals surface area contributed by atoms with Gasteiger partial charge in [0.15, 0.2) is 0 Å². The molecule has 7 heteroatoms. The second kappa shape index (κ2) is 4.94. The predicted octanol–water partition coefficient (Wildman–Crippen LogP) is 2.25. The van der Waals surface area contributed by atoms with Gasteiger partial charge < -0.3 is 4.42 Å². The van der Waals surface area contributed by atoms with Crippen molar-refractivity contribution in [3.8, 4) is 6.07 Å². The zero-order chi connectivity index (χ0) is 13.2. The van der Waals surface area contributed by atoms with E-state index >= 15 is 0 Å². The number of nitrogens with one attached hydrogen (secondary N) is 1. The molecular formula is C11H10N2O3S2. The Labute approximate surface area is 109 Å². The summed E-state index contributed by atoms with van der Waals surface area (Å²) < 4.78 is 31.8. The van der Waals surface area contributed by atoms with Gasteiger partial charge in [0.05, 0.1) is 12.3 Å². The molecular weight excluding hydrogens is 272 g/mol. The van der Waals surface area contributed by atoms with Gasteiger partial charge in [0.1, 0.15) is 20.9 Å². The van der Waals surface area contributed by atoms with Gasteiger partial charge in [0.2, 0.25) is 0 Å². The average Bonchev–Trinajstić information content (AvgIpc) is 3.00. The van der Waals surface area contributed by atoms with Crippen LogP contribution in [0.3, 0.4) is 0 Å². The lowest BCUT2D eigenvalue weighted by atomic mass is 10.3. The summed E-state index contributed by atoms with van der Waals surface area (Å²) in [5.41, 5.74) is 0. The molecule has 0 spiro atoms. The number of sulfonamides is 1. The second-order valence-corrected chi connectivity index (χ2v) is 6.61. The van der Waals surface area contributed by atoms with E-state index in [2.05, 4.69) is 4.72 Å². The molecule has 0 aliphatic heterocycles. The van der Waals surface area contributed by atoms with Gasteiger partial charge in [0, 0.05) is 0 Å². The molecule has 2 heterocycles. The average molecular weight is 282 g/mol. The van der Waals surface area contributed by atoms with Gasteiger partial charge >= 0.3 is 0 Å². The van der Waals surface area contributed by atoms with Gasteiger partial charge in [-0.1, -0.05) is 0 Å². The van der Waals surface area contributed by atoms with Gasteiger partial charge in [-0.3, -0.25) is 0 Å². The van der Waals surface area contributed by atoms with Gasteiger partial charge in [-0.15, -0.1) is 11.3 Å². The molecule has 2 aromatic rings. The lowest BCUT2D eigenvalue weighted by molar-refractivity contribution is 0.459. The molecule has 0 aliphatic carbocycles. The van der Waals surface area contributed by atoms with Crippen molar-refractivity contribution in [3.05, 3.63) is 41.2 Å². The van der Waals surface area contributed by atoms with Crippen LogP contribution in [-0.2, 0) is 10.0 Å². The van der Waals surface area contributed by atoms with E-state index in [9.17, 15) is 8.42 Å². The third-order valence-electron chi connectivity index (χ3n) is 2.26. The van der Waals surface area contributed by atoms with Crippen molar-refractivity contribution in [2.45, 2.75) is 17.2 Å². The Balaban J connectivity index is 2.20. The fourth-order valence-corrected chi connectivity index (χ4v) is 3.74. The van der Waals surface area contributed by atoms with Gasteiger partial charge in [-0.25, -0.2) is 13.1 Å². The number of nitriles is 1. The molecule has 2 aromatic heterocycles. The third-order valence-corrected chi connectivity index (χ3v) is 5.28. The summed E-state index contributed by atoms with van der Waals surface area (Å²) in [6.45, 7) is 1.69. The molecule has 0 amide bonds. The summed E-state index contributed by atoms with van der Waals surface area (Å²) in [4.78, 5) is 0.362. The summed E-state index contributed by atoms with van der Waals surface area (Å²) in [5, 5.41) is 8.68. The molecule has 1 unspecified atom stereocenters. The Hall–Kier alpha value is -1.62. The van der Waals surface area contributed by atoms with E-state index in [4.69, 9.17) is 9.68 Å². The number of rotatable bonds is 4. The van der Waals surface area contributed by atoms with Crippen LogP contribution in [0.4, 0.5) is 0 Å². The number of hydrogen-bond donors (Lipinski definition) is 1. The predicted molar refractivity (Wildman–Crippen MR) is 66.5 cm³/mol. The van der Waals surface area contributed by atoms with Gasteiger partial charge in [-0.2, -0.15) is 5.26 Å². The van der Waals surface area contributed by atoms with Crippen LogP contribution in [0.2, 0.25) is 0 Å². The van der Waals surface area contributed by atoms with Crippen LogP contribution >= 0.6 is 11.3 Å². The van der Waals surface area contributed by atoms with Crippen LogP contribution in [0, 0.1) is 11.3 Å². The van der Waals surface area contributed by atoms with Gasteiger partial charge in [-0.05, 0) is 31.2 Å². The maximum atomic E-state index is 12.0. The van der Waals surface area contributed by atoms with Crippen molar-refractivity contribution < 1.29 is 12.8 Å². The Morgan fingerprint density at radius 3 is 2.78 bits per heavy atom. The summed E-state index contributed by atoms with van der Waals surface area (Å²) in [7, 11) is -3.62. The van der Waals surface area contributed by atoms with Crippen molar-refractivity contribution in [3.63, 3.8) is 0 Å². The first-order valence-electron chi connectivity index (χ1n) is 5.08. The number of furan rings is 1. The zero-order valence-electron chi connectivity index (χ0n) is 9.45. The second-order valence-electron chi connectivity index (χ2n) is 3.59. The first-order valence-corrected chi connectivity index (χ1v) is 7.38. The van der Waals surface area contributed by atoms with Crippen LogP contribution in [0.5, 0.6) is 0 Å². The minimum absolute atomic E-state index is 0.123. The highest BCUT2D eigenvalue weighted by Gasteiger charge is 2.21. The van der Waals surface area contributed by atoms with Crippen LogP contribution in [0.1, 0.15) is 23.6 Å². The zero-order valence-corrected chi connectivity index (χ0v) is 11.1. The standard InChI is InChI=1S/C11H10N2O3S2/c1-8(10-3-2-6-16-10)13-18(14,15)11-5-4-9(7-12)17-11/h2-6,8,13H,1H3. The van der Waals surface area contributed by atoms with Crippen LogP contribution in [-0.4, -0.2) is 8.42 Å². The first-order chi connectivity index (χ1) is 8.53. The topological polar surface area (TPSA) is 83.1 Å². The Morgan fingerprint density at radius 1 is 1.44 bits per heavy atom. The molecule has 0 saturated heterocycles. The summed E-state index contributed by atoms with van der Waals surface area (Å²) in [6, 6.07) is 7.74. The molecule has 0 bridgehead atoms. The van der Waals surface area contributed by atoms with Crippen molar-refractivity contribution in [2.24, 2.45) is 0 Å². The number of hydrogen-bond acceptors (Lipinski definition) is 5. The Kier molecular flexibility index (Phi) is 3.52. The fourth-order valence-electron chi connectivity index (χ4n) is 1.41. The fraction of sp³-hybridized carbons (Fsp3) is 0.182. The smallest absolute Gasteiger partial charge is 0.250 e. The van der Waals surface area contributed by atoms with Crippen molar-refractivity contribution >= 4 is 21.4 Å². The van der Waals surface area contributed by atoms with Crippen LogP contribution in [0.25, 0.3) is 0 Å².